The van der Waals surface area contributed by atoms with Crippen molar-refractivity contribution >= 4 is 34.3 Å². The highest BCUT2D eigenvalue weighted by Gasteiger charge is 2.21. The Bertz CT molecular complexity index is 780. The van der Waals surface area contributed by atoms with Gasteiger partial charge in [-0.1, -0.05) is 11.6 Å². The minimum Gasteiger partial charge on any atom is -0.466 e. The van der Waals surface area contributed by atoms with Crippen molar-refractivity contribution in [3.05, 3.63) is 40.3 Å². The molecule has 0 bridgehead atoms. The van der Waals surface area contributed by atoms with Crippen molar-refractivity contribution in [1.82, 2.24) is 4.98 Å². The molecule has 116 valence electrons. The summed E-state index contributed by atoms with van der Waals surface area (Å²) in [6.45, 7) is 1.68. The van der Waals surface area contributed by atoms with Crippen molar-refractivity contribution in [3.63, 3.8) is 0 Å². The molecule has 0 aliphatic heterocycles. The summed E-state index contributed by atoms with van der Waals surface area (Å²) in [6.07, 6.45) is -0.590. The molecule has 2 rings (SSSR count). The lowest BCUT2D eigenvalue weighted by Crippen LogP contribution is -2.12. The Labute approximate surface area is 127 Å². The Morgan fingerprint density at radius 1 is 1.23 bits per heavy atom. The summed E-state index contributed by atoms with van der Waals surface area (Å²) in [4.78, 5) is 26.8. The standard InChI is InChI=1S/C14H9ClF3NO3/c1-2-22-10(21)5-9(20)7-3-6-4-8(16)11(17)12(18)13(6)19-14(7)15/h3-4H,2,5H2,1H3. The number of hydrogen-bond donors (Lipinski definition) is 0. The average Bonchev–Trinajstić information content (AvgIpc) is 2.45. The van der Waals surface area contributed by atoms with E-state index in [9.17, 15) is 22.8 Å². The number of carbonyl (C=O) groups excluding carboxylic acids is 2. The number of nitrogens with zero attached hydrogens (tertiary/aromatic N) is 1. The summed E-state index contributed by atoms with van der Waals surface area (Å²) in [5, 5.41) is -0.556. The van der Waals surface area contributed by atoms with Crippen LogP contribution in [0.2, 0.25) is 5.15 Å². The molecule has 1 heterocycles. The molecule has 2 aromatic rings. The van der Waals surface area contributed by atoms with Gasteiger partial charge in [-0.3, -0.25) is 9.59 Å². The molecule has 22 heavy (non-hydrogen) atoms. The minimum absolute atomic E-state index is 0.103. The maximum atomic E-state index is 13.6. The summed E-state index contributed by atoms with van der Waals surface area (Å²) >= 11 is 5.76. The number of halogens is 4. The average molecular weight is 332 g/mol. The molecule has 0 spiro atoms. The molecule has 0 saturated heterocycles. The molecule has 0 N–H and O–H groups in total. The number of ketones is 1. The lowest BCUT2D eigenvalue weighted by Gasteiger charge is -2.07. The monoisotopic (exact) mass is 331 g/mol. The van der Waals surface area contributed by atoms with E-state index in [0.29, 0.717) is 6.07 Å². The van der Waals surface area contributed by atoms with Gasteiger partial charge in [0.25, 0.3) is 0 Å². The van der Waals surface area contributed by atoms with E-state index < -0.39 is 46.3 Å². The summed E-state index contributed by atoms with van der Waals surface area (Å²) in [5.74, 6) is -6.08. The molecule has 1 aromatic heterocycles. The first-order chi connectivity index (χ1) is 10.3. The van der Waals surface area contributed by atoms with Crippen LogP contribution in [-0.4, -0.2) is 23.3 Å². The summed E-state index contributed by atoms with van der Waals surface area (Å²) in [6, 6.07) is 1.75. The third-order valence-electron chi connectivity index (χ3n) is 2.81. The van der Waals surface area contributed by atoms with Crippen LogP contribution in [-0.2, 0) is 9.53 Å². The zero-order valence-corrected chi connectivity index (χ0v) is 12.0. The molecule has 8 heteroatoms. The van der Waals surface area contributed by atoms with Crippen molar-refractivity contribution in [2.24, 2.45) is 0 Å². The first-order valence-electron chi connectivity index (χ1n) is 6.17. The second-order valence-electron chi connectivity index (χ2n) is 4.29. The van der Waals surface area contributed by atoms with Crippen molar-refractivity contribution < 1.29 is 27.5 Å². The molecule has 0 radical (unpaired) electrons. The largest absolute Gasteiger partial charge is 0.466 e. The van der Waals surface area contributed by atoms with E-state index in [1.807, 2.05) is 0 Å². The quantitative estimate of drug-likeness (QED) is 0.283. The van der Waals surface area contributed by atoms with E-state index >= 15 is 0 Å². The second-order valence-corrected chi connectivity index (χ2v) is 4.65. The Hall–Kier alpha value is -2.15. The lowest BCUT2D eigenvalue weighted by atomic mass is 10.1. The maximum Gasteiger partial charge on any atom is 0.313 e. The molecule has 1 aromatic carbocycles. The Morgan fingerprint density at radius 2 is 1.91 bits per heavy atom. The number of benzene rings is 1. The molecular weight excluding hydrogens is 323 g/mol. The Kier molecular flexibility index (Phi) is 4.65. The van der Waals surface area contributed by atoms with E-state index in [0.717, 1.165) is 6.07 Å². The SMILES string of the molecule is CCOC(=O)CC(=O)c1cc2cc(F)c(F)c(F)c2nc1Cl. The number of ether oxygens (including phenoxy) is 1. The fourth-order valence-corrected chi connectivity index (χ4v) is 2.08. The molecule has 0 unspecified atom stereocenters. The van der Waals surface area contributed by atoms with E-state index in [-0.39, 0.29) is 17.6 Å². The van der Waals surface area contributed by atoms with Crippen LogP contribution in [0.3, 0.4) is 0 Å². The maximum absolute atomic E-state index is 13.6. The first kappa shape index (κ1) is 16.2. The van der Waals surface area contributed by atoms with E-state index in [1.54, 1.807) is 6.92 Å². The molecule has 0 amide bonds. The van der Waals surface area contributed by atoms with Crippen LogP contribution < -0.4 is 0 Å². The van der Waals surface area contributed by atoms with Crippen LogP contribution in [0.15, 0.2) is 12.1 Å². The topological polar surface area (TPSA) is 56.3 Å². The van der Waals surface area contributed by atoms with Crippen molar-refractivity contribution in [2.75, 3.05) is 6.61 Å². The van der Waals surface area contributed by atoms with Gasteiger partial charge in [0, 0.05) is 5.39 Å². The predicted octanol–water partition coefficient (Wildman–Crippen LogP) is 3.44. The van der Waals surface area contributed by atoms with Crippen LogP contribution >= 0.6 is 11.6 Å². The van der Waals surface area contributed by atoms with Crippen LogP contribution in [0.5, 0.6) is 0 Å². The normalized spacial score (nSPS) is 10.8. The van der Waals surface area contributed by atoms with Gasteiger partial charge in [0.1, 0.15) is 17.1 Å². The third-order valence-corrected chi connectivity index (χ3v) is 3.10. The van der Waals surface area contributed by atoms with Gasteiger partial charge in [0.15, 0.2) is 23.2 Å². The zero-order valence-electron chi connectivity index (χ0n) is 11.3. The molecule has 0 aliphatic carbocycles. The second kappa shape index (κ2) is 6.31. The summed E-state index contributed by atoms with van der Waals surface area (Å²) in [5.41, 5.74) is -0.704. The van der Waals surface area contributed by atoms with Crippen molar-refractivity contribution in [2.45, 2.75) is 13.3 Å². The number of esters is 1. The van der Waals surface area contributed by atoms with Gasteiger partial charge < -0.3 is 4.74 Å². The highest BCUT2D eigenvalue weighted by Crippen LogP contribution is 2.26. The van der Waals surface area contributed by atoms with Crippen molar-refractivity contribution in [3.8, 4) is 0 Å². The number of carbonyl (C=O) groups is 2. The van der Waals surface area contributed by atoms with Gasteiger partial charge in [-0.15, -0.1) is 0 Å². The fraction of sp³-hybridized carbons (Fsp3) is 0.214. The zero-order chi connectivity index (χ0) is 16.4. The van der Waals surface area contributed by atoms with Gasteiger partial charge >= 0.3 is 5.97 Å². The van der Waals surface area contributed by atoms with Crippen LogP contribution in [0.25, 0.3) is 10.9 Å². The molecule has 0 aliphatic rings. The molecule has 0 atom stereocenters. The molecule has 0 saturated carbocycles. The first-order valence-corrected chi connectivity index (χ1v) is 6.55. The highest BCUT2D eigenvalue weighted by molar-refractivity contribution is 6.33. The van der Waals surface area contributed by atoms with Crippen LogP contribution in [0.4, 0.5) is 13.2 Å². The minimum atomic E-state index is -1.68. The Morgan fingerprint density at radius 3 is 2.55 bits per heavy atom. The number of rotatable bonds is 4. The van der Waals surface area contributed by atoms with Gasteiger partial charge in [-0.2, -0.15) is 0 Å². The van der Waals surface area contributed by atoms with E-state index in [4.69, 9.17) is 11.6 Å². The number of fused-ring (bicyclic) bond motifs is 1. The van der Waals surface area contributed by atoms with Gasteiger partial charge in [-0.25, -0.2) is 18.2 Å². The third kappa shape index (κ3) is 3.04. The predicted molar refractivity (Wildman–Crippen MR) is 72.2 cm³/mol. The lowest BCUT2D eigenvalue weighted by molar-refractivity contribution is -0.141. The van der Waals surface area contributed by atoms with Gasteiger partial charge in [0.2, 0.25) is 0 Å². The van der Waals surface area contributed by atoms with E-state index in [2.05, 4.69) is 9.72 Å². The Balaban J connectivity index is 2.48. The molecule has 0 fully saturated rings. The van der Waals surface area contributed by atoms with Crippen LogP contribution in [0.1, 0.15) is 23.7 Å². The summed E-state index contributed by atoms with van der Waals surface area (Å²) < 4.78 is 44.6. The smallest absolute Gasteiger partial charge is 0.313 e. The number of Topliss-reactive ketones (excluding diaryl/α,β-unsaturated/α-hetero) is 1. The molecule has 4 nitrogen and oxygen atoms in total. The van der Waals surface area contributed by atoms with Crippen molar-refractivity contribution in [1.29, 1.82) is 0 Å². The number of hydrogen-bond acceptors (Lipinski definition) is 4. The fourth-order valence-electron chi connectivity index (χ4n) is 1.83. The summed E-state index contributed by atoms with van der Waals surface area (Å²) in [7, 11) is 0. The van der Waals surface area contributed by atoms with E-state index in [1.165, 1.54) is 0 Å². The molecular formula is C14H9ClF3NO3. The highest BCUT2D eigenvalue weighted by atomic mass is 35.5. The van der Waals surface area contributed by atoms with Gasteiger partial charge in [-0.05, 0) is 19.1 Å². The van der Waals surface area contributed by atoms with Gasteiger partial charge in [0.05, 0.1) is 12.2 Å². The van der Waals surface area contributed by atoms with Crippen LogP contribution in [0, 0.1) is 17.5 Å². The number of pyridine rings is 1. The number of aromatic nitrogens is 1.